The number of rotatable bonds is 4. The summed E-state index contributed by atoms with van der Waals surface area (Å²) in [5.74, 6) is 0.667. The maximum absolute atomic E-state index is 5.19. The van der Waals surface area contributed by atoms with Crippen molar-refractivity contribution in [3.63, 3.8) is 0 Å². The summed E-state index contributed by atoms with van der Waals surface area (Å²) >= 11 is 0. The van der Waals surface area contributed by atoms with E-state index in [2.05, 4.69) is 79.7 Å². The molecule has 0 atom stereocenters. The zero-order valence-electron chi connectivity index (χ0n) is 22.3. The Labute approximate surface area is 233 Å². The minimum Gasteiger partial charge on any atom is -0.251 e. The lowest BCUT2D eigenvalue weighted by molar-refractivity contribution is 1.18. The van der Waals surface area contributed by atoms with Crippen LogP contribution in [-0.2, 0) is 0 Å². The van der Waals surface area contributed by atoms with Gasteiger partial charge in [0, 0.05) is 38.7 Å². The largest absolute Gasteiger partial charge is 0.251 e. The molecule has 4 aromatic carbocycles. The molecule has 7 rings (SSSR count). The molecule has 190 valence electrons. The summed E-state index contributed by atoms with van der Waals surface area (Å²) in [5, 5.41) is 2.20. The van der Waals surface area contributed by atoms with Crippen molar-refractivity contribution in [1.82, 2.24) is 19.9 Å². The molecule has 0 bridgehead atoms. The van der Waals surface area contributed by atoms with Crippen LogP contribution < -0.4 is 0 Å². The lowest BCUT2D eigenvalue weighted by atomic mass is 10.0. The van der Waals surface area contributed by atoms with Gasteiger partial charge < -0.3 is 0 Å². The van der Waals surface area contributed by atoms with E-state index >= 15 is 0 Å². The Bertz CT molecular complexity index is 1960. The standard InChI is InChI=1S/C36H26N4/c1-23-21-24(2)37-35-28(23)19-17-27-18-20-31(38-34(27)35)29-15-9-10-16-30(29)36-39-32(25-11-5-3-6-12-25)22-33(40-36)26-13-7-4-8-14-26/h3-22H,1-2H3. The van der Waals surface area contributed by atoms with Crippen LogP contribution in [0, 0.1) is 13.8 Å². The maximum atomic E-state index is 5.19. The second kappa shape index (κ2) is 9.83. The number of fused-ring (bicyclic) bond motifs is 3. The number of pyridine rings is 2. The first kappa shape index (κ1) is 23.9. The van der Waals surface area contributed by atoms with Crippen molar-refractivity contribution in [1.29, 1.82) is 0 Å². The predicted molar refractivity (Wildman–Crippen MR) is 164 cm³/mol. The van der Waals surface area contributed by atoms with Gasteiger partial charge in [-0.25, -0.2) is 15.0 Å². The van der Waals surface area contributed by atoms with Crippen LogP contribution in [0.15, 0.2) is 121 Å². The molecule has 0 unspecified atom stereocenters. The molecule has 0 saturated carbocycles. The molecule has 0 amide bonds. The number of hydrogen-bond acceptors (Lipinski definition) is 4. The first-order chi connectivity index (χ1) is 19.6. The number of hydrogen-bond donors (Lipinski definition) is 0. The highest BCUT2D eigenvalue weighted by Gasteiger charge is 2.16. The lowest BCUT2D eigenvalue weighted by Crippen LogP contribution is -1.98. The van der Waals surface area contributed by atoms with Crippen molar-refractivity contribution >= 4 is 21.8 Å². The summed E-state index contributed by atoms with van der Waals surface area (Å²) in [4.78, 5) is 20.2. The molecule has 0 aliphatic carbocycles. The van der Waals surface area contributed by atoms with Crippen LogP contribution >= 0.6 is 0 Å². The molecule has 0 saturated heterocycles. The third kappa shape index (κ3) is 4.30. The van der Waals surface area contributed by atoms with Crippen molar-refractivity contribution in [2.24, 2.45) is 0 Å². The molecular weight excluding hydrogens is 488 g/mol. The van der Waals surface area contributed by atoms with E-state index in [0.717, 1.165) is 66.8 Å². The normalized spacial score (nSPS) is 11.2. The molecule has 0 aliphatic heterocycles. The monoisotopic (exact) mass is 514 g/mol. The number of aromatic nitrogens is 4. The van der Waals surface area contributed by atoms with Crippen LogP contribution in [0.5, 0.6) is 0 Å². The first-order valence-electron chi connectivity index (χ1n) is 13.4. The average molecular weight is 515 g/mol. The fourth-order valence-corrected chi connectivity index (χ4v) is 5.34. The quantitative estimate of drug-likeness (QED) is 0.220. The molecule has 4 heteroatoms. The van der Waals surface area contributed by atoms with Gasteiger partial charge in [0.25, 0.3) is 0 Å². The third-order valence-corrected chi connectivity index (χ3v) is 7.28. The Hall–Kier alpha value is -5.22. The number of nitrogens with zero attached hydrogens (tertiary/aromatic N) is 4. The van der Waals surface area contributed by atoms with Crippen molar-refractivity contribution in [3.05, 3.63) is 133 Å². The van der Waals surface area contributed by atoms with Gasteiger partial charge in [0.15, 0.2) is 5.82 Å². The Morgan fingerprint density at radius 3 is 1.73 bits per heavy atom. The van der Waals surface area contributed by atoms with Crippen LogP contribution in [0.4, 0.5) is 0 Å². The first-order valence-corrected chi connectivity index (χ1v) is 13.4. The van der Waals surface area contributed by atoms with E-state index in [1.807, 2.05) is 55.5 Å². The lowest BCUT2D eigenvalue weighted by Gasteiger charge is -2.13. The Morgan fingerprint density at radius 1 is 0.450 bits per heavy atom. The van der Waals surface area contributed by atoms with Gasteiger partial charge in [-0.05, 0) is 37.6 Å². The minimum atomic E-state index is 0.667. The summed E-state index contributed by atoms with van der Waals surface area (Å²) in [6, 6.07) is 41.4. The van der Waals surface area contributed by atoms with Gasteiger partial charge in [-0.15, -0.1) is 0 Å². The fourth-order valence-electron chi connectivity index (χ4n) is 5.34. The van der Waals surface area contributed by atoms with Crippen LogP contribution in [0.3, 0.4) is 0 Å². The highest BCUT2D eigenvalue weighted by Crippen LogP contribution is 2.34. The van der Waals surface area contributed by atoms with Crippen LogP contribution in [0.2, 0.25) is 0 Å². The van der Waals surface area contributed by atoms with E-state index < -0.39 is 0 Å². The summed E-state index contributed by atoms with van der Waals surface area (Å²) in [5.41, 5.74) is 10.7. The van der Waals surface area contributed by atoms with Crippen molar-refractivity contribution in [2.75, 3.05) is 0 Å². The topological polar surface area (TPSA) is 51.6 Å². The van der Waals surface area contributed by atoms with Gasteiger partial charge in [0.1, 0.15) is 0 Å². The van der Waals surface area contributed by atoms with E-state index in [1.165, 1.54) is 5.56 Å². The Kier molecular flexibility index (Phi) is 5.86. The molecule has 3 aromatic heterocycles. The van der Waals surface area contributed by atoms with E-state index in [0.29, 0.717) is 5.82 Å². The second-order valence-electron chi connectivity index (χ2n) is 10.1. The molecule has 0 radical (unpaired) electrons. The fraction of sp³-hybridized carbons (Fsp3) is 0.0556. The molecule has 7 aromatic rings. The van der Waals surface area contributed by atoms with E-state index in [1.54, 1.807) is 0 Å². The van der Waals surface area contributed by atoms with Gasteiger partial charge in [-0.2, -0.15) is 0 Å². The third-order valence-electron chi connectivity index (χ3n) is 7.28. The van der Waals surface area contributed by atoms with Gasteiger partial charge in [-0.3, -0.25) is 4.98 Å². The molecular formula is C36H26N4. The summed E-state index contributed by atoms with van der Waals surface area (Å²) in [7, 11) is 0. The zero-order chi connectivity index (χ0) is 27.1. The van der Waals surface area contributed by atoms with Crippen molar-refractivity contribution in [2.45, 2.75) is 13.8 Å². The van der Waals surface area contributed by atoms with Crippen LogP contribution in [-0.4, -0.2) is 19.9 Å². The van der Waals surface area contributed by atoms with Crippen LogP contribution in [0.1, 0.15) is 11.3 Å². The molecule has 0 fully saturated rings. The Balaban J connectivity index is 1.45. The minimum absolute atomic E-state index is 0.667. The maximum Gasteiger partial charge on any atom is 0.161 e. The van der Waals surface area contributed by atoms with Gasteiger partial charge in [0.2, 0.25) is 0 Å². The van der Waals surface area contributed by atoms with E-state index in [4.69, 9.17) is 19.9 Å². The summed E-state index contributed by atoms with van der Waals surface area (Å²) in [6.07, 6.45) is 0. The zero-order valence-corrected chi connectivity index (χ0v) is 22.3. The molecule has 0 aliphatic rings. The van der Waals surface area contributed by atoms with Crippen molar-refractivity contribution in [3.8, 4) is 45.2 Å². The molecule has 3 heterocycles. The summed E-state index contributed by atoms with van der Waals surface area (Å²) < 4.78 is 0. The van der Waals surface area contributed by atoms with Crippen molar-refractivity contribution < 1.29 is 0 Å². The predicted octanol–water partition coefficient (Wildman–Crippen LogP) is 8.86. The number of aryl methyl sites for hydroxylation is 2. The highest BCUT2D eigenvalue weighted by atomic mass is 14.9. The molecule has 4 nitrogen and oxygen atoms in total. The smallest absolute Gasteiger partial charge is 0.161 e. The van der Waals surface area contributed by atoms with Gasteiger partial charge in [0.05, 0.1) is 28.1 Å². The van der Waals surface area contributed by atoms with Gasteiger partial charge in [-0.1, -0.05) is 103 Å². The SMILES string of the molecule is Cc1cc(C)c2ccc3ccc(-c4ccccc4-c4nc(-c5ccccc5)cc(-c5ccccc5)n4)nc3c2n1. The molecule has 0 spiro atoms. The van der Waals surface area contributed by atoms with E-state index in [9.17, 15) is 0 Å². The molecule has 0 N–H and O–H groups in total. The van der Waals surface area contributed by atoms with E-state index in [-0.39, 0.29) is 0 Å². The number of benzene rings is 4. The summed E-state index contributed by atoms with van der Waals surface area (Å²) in [6.45, 7) is 4.16. The average Bonchev–Trinajstić information content (AvgIpc) is 3.01. The Morgan fingerprint density at radius 2 is 1.05 bits per heavy atom. The van der Waals surface area contributed by atoms with Crippen LogP contribution in [0.25, 0.3) is 67.0 Å². The highest BCUT2D eigenvalue weighted by molar-refractivity contribution is 6.04. The second-order valence-corrected chi connectivity index (χ2v) is 10.1. The van der Waals surface area contributed by atoms with Gasteiger partial charge >= 0.3 is 0 Å². The molecule has 40 heavy (non-hydrogen) atoms.